The summed E-state index contributed by atoms with van der Waals surface area (Å²) in [6.45, 7) is 6.20. The molecule has 0 bridgehead atoms. The molecule has 2 radical (unpaired) electrons. The Morgan fingerprint density at radius 2 is 0.679 bits per heavy atom. The van der Waals surface area contributed by atoms with Crippen molar-refractivity contribution in [3.05, 3.63) is 13.3 Å². The summed E-state index contributed by atoms with van der Waals surface area (Å²) in [6, 6.07) is 0. The van der Waals surface area contributed by atoms with Crippen LogP contribution in [-0.2, 0) is 0 Å². The van der Waals surface area contributed by atoms with E-state index in [-0.39, 0.29) is 0 Å². The zero-order valence-corrected chi connectivity index (χ0v) is 20.0. The van der Waals surface area contributed by atoms with Crippen molar-refractivity contribution < 1.29 is 0 Å². The highest BCUT2D eigenvalue weighted by Crippen LogP contribution is 2.15. The SMILES string of the molecule is [CH2]CCC[CH]CCCCCCCCCCCCCCCCCCCCCCC. The average molecular weight is 393 g/mol. The highest BCUT2D eigenvalue weighted by atomic mass is 14.0. The fraction of sp³-hybridized carbons (Fsp3) is 0.929. The van der Waals surface area contributed by atoms with Gasteiger partial charge >= 0.3 is 0 Å². The fourth-order valence-electron chi connectivity index (χ4n) is 4.15. The van der Waals surface area contributed by atoms with Crippen LogP contribution in [0.5, 0.6) is 0 Å². The van der Waals surface area contributed by atoms with Gasteiger partial charge < -0.3 is 0 Å². The van der Waals surface area contributed by atoms with Gasteiger partial charge in [-0.1, -0.05) is 174 Å². The molecule has 168 valence electrons. The van der Waals surface area contributed by atoms with Crippen LogP contribution in [0.25, 0.3) is 0 Å². The molecule has 0 unspecified atom stereocenters. The Morgan fingerprint density at radius 3 is 1.00 bits per heavy atom. The first kappa shape index (κ1) is 28.0. The van der Waals surface area contributed by atoms with Crippen molar-refractivity contribution in [1.29, 1.82) is 0 Å². The van der Waals surface area contributed by atoms with Crippen LogP contribution in [0.3, 0.4) is 0 Å². The third-order valence-electron chi connectivity index (χ3n) is 6.17. The van der Waals surface area contributed by atoms with Gasteiger partial charge in [-0.3, -0.25) is 0 Å². The van der Waals surface area contributed by atoms with E-state index in [2.05, 4.69) is 20.3 Å². The van der Waals surface area contributed by atoms with Crippen molar-refractivity contribution in [2.75, 3.05) is 0 Å². The third-order valence-corrected chi connectivity index (χ3v) is 6.17. The highest BCUT2D eigenvalue weighted by molar-refractivity contribution is 4.64. The molecule has 0 fully saturated rings. The van der Waals surface area contributed by atoms with Crippen LogP contribution in [0.2, 0.25) is 0 Å². The maximum atomic E-state index is 3.89. The maximum Gasteiger partial charge on any atom is -0.0386 e. The van der Waals surface area contributed by atoms with Crippen molar-refractivity contribution in [1.82, 2.24) is 0 Å². The first-order valence-corrected chi connectivity index (χ1v) is 13.5. The summed E-state index contributed by atoms with van der Waals surface area (Å²) in [5.41, 5.74) is 0. The van der Waals surface area contributed by atoms with Crippen molar-refractivity contribution in [3.63, 3.8) is 0 Å². The molecule has 0 heteroatoms. The molecule has 0 rings (SSSR count). The van der Waals surface area contributed by atoms with E-state index in [4.69, 9.17) is 0 Å². The summed E-state index contributed by atoms with van der Waals surface area (Å²) in [5.74, 6) is 0. The summed E-state index contributed by atoms with van der Waals surface area (Å²) in [5, 5.41) is 0. The maximum absolute atomic E-state index is 3.89. The summed E-state index contributed by atoms with van der Waals surface area (Å²) in [4.78, 5) is 0. The van der Waals surface area contributed by atoms with Gasteiger partial charge in [0, 0.05) is 0 Å². The van der Waals surface area contributed by atoms with Crippen molar-refractivity contribution >= 4 is 0 Å². The first-order valence-electron chi connectivity index (χ1n) is 13.5. The predicted octanol–water partition coefficient (Wildman–Crippen LogP) is 10.8. The zero-order chi connectivity index (χ0) is 20.4. The Balaban J connectivity index is 2.96. The molecule has 0 atom stereocenters. The molecular formula is C28H56. The van der Waals surface area contributed by atoms with Gasteiger partial charge in [-0.25, -0.2) is 0 Å². The Bertz CT molecular complexity index is 218. The van der Waals surface area contributed by atoms with E-state index in [1.807, 2.05) is 0 Å². The van der Waals surface area contributed by atoms with Gasteiger partial charge in [-0.15, -0.1) is 0 Å². The lowest BCUT2D eigenvalue weighted by atomic mass is 10.0. The molecule has 0 nitrogen and oxygen atoms in total. The Kier molecular flexibility index (Phi) is 27.0. The van der Waals surface area contributed by atoms with Crippen LogP contribution in [-0.4, -0.2) is 0 Å². The summed E-state index contributed by atoms with van der Waals surface area (Å²) in [6.07, 6.45) is 38.3. The van der Waals surface area contributed by atoms with Gasteiger partial charge in [0.1, 0.15) is 0 Å². The van der Waals surface area contributed by atoms with Gasteiger partial charge in [0.25, 0.3) is 0 Å². The first-order chi connectivity index (χ1) is 13.9. The molecule has 0 aromatic heterocycles. The minimum Gasteiger partial charge on any atom is -0.0654 e. The van der Waals surface area contributed by atoms with E-state index >= 15 is 0 Å². The molecule has 0 heterocycles. The second-order valence-corrected chi connectivity index (χ2v) is 9.14. The van der Waals surface area contributed by atoms with Crippen LogP contribution in [0.15, 0.2) is 0 Å². The Hall–Kier alpha value is 0. The molecule has 0 aromatic carbocycles. The molecule has 0 aliphatic carbocycles. The molecule has 0 saturated heterocycles. The average Bonchev–Trinajstić information content (AvgIpc) is 2.71. The van der Waals surface area contributed by atoms with Crippen molar-refractivity contribution in [2.45, 2.75) is 167 Å². The molecular weight excluding hydrogens is 336 g/mol. The van der Waals surface area contributed by atoms with Crippen LogP contribution in [0.1, 0.15) is 167 Å². The normalized spacial score (nSPS) is 11.4. The highest BCUT2D eigenvalue weighted by Gasteiger charge is 1.96. The number of unbranched alkanes of at least 4 members (excludes halogenated alkanes) is 25. The van der Waals surface area contributed by atoms with Crippen molar-refractivity contribution in [2.24, 2.45) is 0 Å². The van der Waals surface area contributed by atoms with E-state index < -0.39 is 0 Å². The summed E-state index contributed by atoms with van der Waals surface area (Å²) < 4.78 is 0. The Morgan fingerprint density at radius 1 is 0.393 bits per heavy atom. The summed E-state index contributed by atoms with van der Waals surface area (Å²) >= 11 is 0. The molecule has 0 aliphatic rings. The van der Waals surface area contributed by atoms with Gasteiger partial charge in [-0.05, 0) is 6.42 Å². The van der Waals surface area contributed by atoms with Gasteiger partial charge in [0.15, 0.2) is 0 Å². The molecule has 0 amide bonds. The van der Waals surface area contributed by atoms with Crippen LogP contribution < -0.4 is 0 Å². The number of hydrogen-bond donors (Lipinski definition) is 0. The molecule has 0 aliphatic heterocycles. The molecule has 28 heavy (non-hydrogen) atoms. The smallest absolute Gasteiger partial charge is 0.0386 e. The lowest BCUT2D eigenvalue weighted by Crippen LogP contribution is -1.84. The Labute approximate surface area is 181 Å². The molecule has 0 saturated carbocycles. The van der Waals surface area contributed by atoms with Gasteiger partial charge in [0.05, 0.1) is 0 Å². The lowest BCUT2D eigenvalue weighted by Gasteiger charge is -2.04. The van der Waals surface area contributed by atoms with E-state index in [1.54, 1.807) is 0 Å². The van der Waals surface area contributed by atoms with Crippen LogP contribution in [0, 0.1) is 13.3 Å². The second-order valence-electron chi connectivity index (χ2n) is 9.14. The molecule has 0 aromatic rings. The zero-order valence-electron chi connectivity index (χ0n) is 20.0. The molecule has 0 N–H and O–H groups in total. The quantitative estimate of drug-likeness (QED) is 0.135. The van der Waals surface area contributed by atoms with E-state index in [0.717, 1.165) is 6.42 Å². The van der Waals surface area contributed by atoms with E-state index in [9.17, 15) is 0 Å². The number of hydrogen-bond acceptors (Lipinski definition) is 0. The third kappa shape index (κ3) is 26.0. The standard InChI is InChI=1S/C28H56/c1-3-5-7-9-11-13-15-17-19-21-23-25-27-28-26-24-22-20-18-16-14-12-10-8-6-4-2/h9H,1,3-8,10-28H2,2H3. The largest absolute Gasteiger partial charge is 0.0654 e. The van der Waals surface area contributed by atoms with Gasteiger partial charge in [0.2, 0.25) is 0 Å². The van der Waals surface area contributed by atoms with E-state index in [0.29, 0.717) is 0 Å². The second kappa shape index (κ2) is 27.0. The fourth-order valence-corrected chi connectivity index (χ4v) is 4.15. The van der Waals surface area contributed by atoms with Crippen LogP contribution in [0.4, 0.5) is 0 Å². The monoisotopic (exact) mass is 392 g/mol. The minimum absolute atomic E-state index is 1.09. The predicted molar refractivity (Wildman–Crippen MR) is 131 cm³/mol. The van der Waals surface area contributed by atoms with Crippen LogP contribution >= 0.6 is 0 Å². The topological polar surface area (TPSA) is 0 Å². The molecule has 0 spiro atoms. The van der Waals surface area contributed by atoms with Gasteiger partial charge in [-0.2, -0.15) is 0 Å². The van der Waals surface area contributed by atoms with E-state index in [1.165, 1.54) is 154 Å². The summed E-state index contributed by atoms with van der Waals surface area (Å²) in [7, 11) is 0. The minimum atomic E-state index is 1.09. The number of rotatable bonds is 25. The van der Waals surface area contributed by atoms with Crippen molar-refractivity contribution in [3.8, 4) is 0 Å². The lowest BCUT2D eigenvalue weighted by molar-refractivity contribution is 0.520.